The number of amides is 2. The topological polar surface area (TPSA) is 86.2 Å². The van der Waals surface area contributed by atoms with Crippen LogP contribution in [0.5, 0.6) is 0 Å². The van der Waals surface area contributed by atoms with Gasteiger partial charge in [0.2, 0.25) is 0 Å². The van der Waals surface area contributed by atoms with E-state index in [1.165, 1.54) is 6.42 Å². The van der Waals surface area contributed by atoms with Crippen molar-refractivity contribution in [3.8, 4) is 0 Å². The minimum Gasteiger partial charge on any atom is -0.378 e. The molecule has 2 saturated heterocycles. The number of likely N-dealkylation sites (tertiary alicyclic amines) is 1. The lowest BCUT2D eigenvalue weighted by Crippen LogP contribution is -2.47. The maximum Gasteiger partial charge on any atom is 0.320 e. The number of hydrazone groups is 1. The standard InChI is InChI=1S/C25H36ClN7O2/c1-15-7-20(18-10-28-31(2)12-18)22(15)24-27-11-21(26)23(30-24)29-19-8-16-13-33(14-17(16)9-19)25(34)32-3-5-35-6-4-32/h10-11,15-20,22H,3-9,12-14H2,1-2H3,(H,27,29,30)/t15-,16?,17?,18?,19?,20-,22?/m1/s1. The van der Waals surface area contributed by atoms with Crippen LogP contribution >= 0.6 is 11.6 Å². The fourth-order valence-electron chi connectivity index (χ4n) is 7.05. The second kappa shape index (κ2) is 9.39. The monoisotopic (exact) mass is 501 g/mol. The molecule has 1 N–H and O–H groups in total. The lowest BCUT2D eigenvalue weighted by Gasteiger charge is -2.44. The van der Waals surface area contributed by atoms with Gasteiger partial charge in [-0.25, -0.2) is 14.8 Å². The van der Waals surface area contributed by atoms with Crippen LogP contribution in [0, 0.1) is 29.6 Å². The van der Waals surface area contributed by atoms with E-state index < -0.39 is 0 Å². The van der Waals surface area contributed by atoms with E-state index in [0.29, 0.717) is 72.9 Å². The van der Waals surface area contributed by atoms with Crippen LogP contribution in [0.25, 0.3) is 0 Å². The van der Waals surface area contributed by atoms with Crippen molar-refractivity contribution in [3.63, 3.8) is 0 Å². The molecule has 6 rings (SSSR count). The molecule has 35 heavy (non-hydrogen) atoms. The van der Waals surface area contributed by atoms with Crippen molar-refractivity contribution in [2.24, 2.45) is 34.7 Å². The molecule has 4 heterocycles. The van der Waals surface area contributed by atoms with E-state index in [2.05, 4.69) is 33.4 Å². The average molecular weight is 502 g/mol. The van der Waals surface area contributed by atoms with Crippen molar-refractivity contribution in [2.45, 2.75) is 38.1 Å². The summed E-state index contributed by atoms with van der Waals surface area (Å²) in [5.41, 5.74) is 0. The Morgan fingerprint density at radius 3 is 2.51 bits per heavy atom. The van der Waals surface area contributed by atoms with Gasteiger partial charge >= 0.3 is 6.03 Å². The number of rotatable bonds is 4. The number of nitrogens with zero attached hydrogens (tertiary/aromatic N) is 6. The highest BCUT2D eigenvalue weighted by Gasteiger charge is 2.46. The van der Waals surface area contributed by atoms with E-state index in [-0.39, 0.29) is 6.03 Å². The molecule has 1 aromatic heterocycles. The van der Waals surface area contributed by atoms with Crippen LogP contribution < -0.4 is 5.32 Å². The van der Waals surface area contributed by atoms with E-state index in [9.17, 15) is 4.79 Å². The number of aromatic nitrogens is 2. The highest BCUT2D eigenvalue weighted by atomic mass is 35.5. The van der Waals surface area contributed by atoms with Gasteiger partial charge in [-0.1, -0.05) is 18.5 Å². The molecule has 4 fully saturated rings. The number of carbonyl (C=O) groups excluding carboxylic acids is 1. The third-order valence-corrected chi connectivity index (χ3v) is 9.18. The predicted molar refractivity (Wildman–Crippen MR) is 135 cm³/mol. The minimum atomic E-state index is 0.179. The van der Waals surface area contributed by atoms with E-state index in [4.69, 9.17) is 21.3 Å². The number of hydrogen-bond donors (Lipinski definition) is 1. The summed E-state index contributed by atoms with van der Waals surface area (Å²) in [6, 6.07) is 0.509. The Morgan fingerprint density at radius 1 is 1.11 bits per heavy atom. The molecule has 190 valence electrons. The van der Waals surface area contributed by atoms with E-state index in [1.807, 2.05) is 17.0 Å². The molecule has 2 saturated carbocycles. The van der Waals surface area contributed by atoms with Gasteiger partial charge in [-0.05, 0) is 42.9 Å². The van der Waals surface area contributed by atoms with Gasteiger partial charge in [-0.3, -0.25) is 5.01 Å². The van der Waals surface area contributed by atoms with Crippen molar-refractivity contribution < 1.29 is 9.53 Å². The quantitative estimate of drug-likeness (QED) is 0.682. The number of urea groups is 1. The molecule has 2 aliphatic carbocycles. The predicted octanol–water partition coefficient (Wildman–Crippen LogP) is 2.99. The third-order valence-electron chi connectivity index (χ3n) is 8.90. The van der Waals surface area contributed by atoms with Crippen molar-refractivity contribution in [3.05, 3.63) is 17.0 Å². The largest absolute Gasteiger partial charge is 0.378 e. The first-order valence-electron chi connectivity index (χ1n) is 13.1. The Labute approximate surface area is 212 Å². The highest BCUT2D eigenvalue weighted by molar-refractivity contribution is 6.32. The second-order valence-corrected chi connectivity index (χ2v) is 11.6. The van der Waals surface area contributed by atoms with Crippen LogP contribution in [0.2, 0.25) is 5.02 Å². The zero-order chi connectivity index (χ0) is 24.1. The molecule has 5 aliphatic rings. The summed E-state index contributed by atoms with van der Waals surface area (Å²) in [4.78, 5) is 26.5. The molecule has 0 spiro atoms. The van der Waals surface area contributed by atoms with Crippen molar-refractivity contribution in [2.75, 3.05) is 58.3 Å². The normalized spacial score (nSPS) is 36.4. The summed E-state index contributed by atoms with van der Waals surface area (Å²) in [5, 5.41) is 10.7. The van der Waals surface area contributed by atoms with Crippen LogP contribution in [0.3, 0.4) is 0 Å². The number of ether oxygens (including phenoxy) is 1. The van der Waals surface area contributed by atoms with Gasteiger partial charge in [-0.15, -0.1) is 0 Å². The zero-order valence-corrected chi connectivity index (χ0v) is 21.4. The fraction of sp³-hybridized carbons (Fsp3) is 0.760. The molecule has 0 bridgehead atoms. The molecule has 0 aromatic carbocycles. The minimum absolute atomic E-state index is 0.179. The number of carbonyl (C=O) groups is 1. The van der Waals surface area contributed by atoms with Gasteiger partial charge in [0.05, 0.1) is 19.4 Å². The Balaban J connectivity index is 1.08. The summed E-state index contributed by atoms with van der Waals surface area (Å²) in [5.74, 6) is 4.65. The number of anilines is 1. The Morgan fingerprint density at radius 2 is 1.86 bits per heavy atom. The molecular weight excluding hydrogens is 466 g/mol. The summed E-state index contributed by atoms with van der Waals surface area (Å²) < 4.78 is 5.39. The number of hydrogen-bond acceptors (Lipinski definition) is 7. The smallest absolute Gasteiger partial charge is 0.320 e. The molecule has 1 aromatic rings. The van der Waals surface area contributed by atoms with Crippen LogP contribution in [0.15, 0.2) is 11.3 Å². The summed E-state index contributed by atoms with van der Waals surface area (Å²) >= 11 is 6.55. The molecular formula is C25H36ClN7O2. The number of morpholine rings is 1. The zero-order valence-electron chi connectivity index (χ0n) is 20.6. The lowest BCUT2D eigenvalue weighted by molar-refractivity contribution is 0.0445. The SMILES string of the molecule is C[C@@H]1C[C@H](C2C=NN(C)C2)C1c1ncc(Cl)c(NC2CC3CN(C(=O)N4CCOCC4)CC3C2)n1. The maximum absolute atomic E-state index is 12.9. The third kappa shape index (κ3) is 4.46. The first-order chi connectivity index (χ1) is 17.0. The van der Waals surface area contributed by atoms with Crippen LogP contribution in [0.4, 0.5) is 10.6 Å². The number of halogens is 1. The van der Waals surface area contributed by atoms with Gasteiger partial charge in [0.15, 0.2) is 0 Å². The van der Waals surface area contributed by atoms with Crippen molar-refractivity contribution in [1.29, 1.82) is 0 Å². The van der Waals surface area contributed by atoms with E-state index in [0.717, 1.165) is 44.1 Å². The number of fused-ring (bicyclic) bond motifs is 1. The maximum atomic E-state index is 12.9. The Hall–Kier alpha value is -2.13. The molecule has 10 heteroatoms. The fourth-order valence-corrected chi connectivity index (χ4v) is 7.19. The summed E-state index contributed by atoms with van der Waals surface area (Å²) in [6.45, 7) is 7.66. The average Bonchev–Trinajstić information content (AvgIpc) is 3.54. The van der Waals surface area contributed by atoms with E-state index in [1.54, 1.807) is 6.20 Å². The molecule has 4 unspecified atom stereocenters. The van der Waals surface area contributed by atoms with Gasteiger partial charge < -0.3 is 19.9 Å². The lowest BCUT2D eigenvalue weighted by atomic mass is 9.60. The Kier molecular flexibility index (Phi) is 6.25. The first-order valence-corrected chi connectivity index (χ1v) is 13.5. The molecule has 6 atom stereocenters. The van der Waals surface area contributed by atoms with Gasteiger partial charge in [0.1, 0.15) is 16.7 Å². The molecule has 3 aliphatic heterocycles. The first kappa shape index (κ1) is 23.3. The van der Waals surface area contributed by atoms with E-state index >= 15 is 0 Å². The van der Waals surface area contributed by atoms with Gasteiger partial charge in [0.25, 0.3) is 0 Å². The van der Waals surface area contributed by atoms with Crippen molar-refractivity contribution >= 4 is 29.7 Å². The van der Waals surface area contributed by atoms with Crippen LogP contribution in [0.1, 0.15) is 37.9 Å². The molecule has 9 nitrogen and oxygen atoms in total. The van der Waals surface area contributed by atoms with Gasteiger partial charge in [-0.2, -0.15) is 5.10 Å². The Bertz CT molecular complexity index is 973. The molecule has 0 radical (unpaired) electrons. The van der Waals surface area contributed by atoms with Gasteiger partial charge in [0, 0.05) is 63.9 Å². The van der Waals surface area contributed by atoms with Crippen LogP contribution in [-0.2, 0) is 4.74 Å². The highest BCUT2D eigenvalue weighted by Crippen LogP contribution is 2.50. The molecule has 2 amide bonds. The second-order valence-electron chi connectivity index (χ2n) is 11.2. The summed E-state index contributed by atoms with van der Waals surface area (Å²) in [6.07, 6.45) is 7.14. The number of nitrogens with one attached hydrogen (secondary N) is 1. The van der Waals surface area contributed by atoms with Crippen LogP contribution in [-0.4, -0.2) is 96.0 Å². The van der Waals surface area contributed by atoms with Crippen molar-refractivity contribution in [1.82, 2.24) is 24.8 Å². The summed E-state index contributed by atoms with van der Waals surface area (Å²) in [7, 11) is 2.03.